The van der Waals surface area contributed by atoms with Crippen molar-refractivity contribution in [1.29, 1.82) is 0 Å². The van der Waals surface area contributed by atoms with Crippen LogP contribution in [0, 0.1) is 0 Å². The van der Waals surface area contributed by atoms with Crippen LogP contribution in [0.15, 0.2) is 17.2 Å². The normalized spacial score (nSPS) is 16.2. The monoisotopic (exact) mass is 478 g/mol. The van der Waals surface area contributed by atoms with Crippen molar-refractivity contribution >= 4 is 11.9 Å². The number of carbonyl (C=O) groups is 1. The van der Waals surface area contributed by atoms with Gasteiger partial charge < -0.3 is 9.80 Å². The van der Waals surface area contributed by atoms with Gasteiger partial charge in [-0.3, -0.25) is 9.59 Å². The van der Waals surface area contributed by atoms with Gasteiger partial charge in [0.25, 0.3) is 5.56 Å². The molecule has 0 aromatic carbocycles. The van der Waals surface area contributed by atoms with Crippen LogP contribution in [0.2, 0.25) is 0 Å². The van der Waals surface area contributed by atoms with Gasteiger partial charge in [-0.1, -0.05) is 0 Å². The average Bonchev–Trinajstić information content (AvgIpc) is 3.21. The maximum atomic E-state index is 12.5. The molecule has 1 saturated heterocycles. The van der Waals surface area contributed by atoms with Crippen molar-refractivity contribution in [2.45, 2.75) is 38.5 Å². The number of hydrogen-bond donors (Lipinski definition) is 1. The number of H-pyrrole nitrogens is 1. The van der Waals surface area contributed by atoms with E-state index in [0.717, 1.165) is 12.4 Å². The van der Waals surface area contributed by atoms with E-state index >= 15 is 0 Å². The zero-order valence-electron chi connectivity index (χ0n) is 17.4. The van der Waals surface area contributed by atoms with E-state index in [1.54, 1.807) is 9.80 Å². The van der Waals surface area contributed by atoms with Gasteiger partial charge in [0.05, 0.1) is 11.3 Å². The molecule has 1 amide bonds. The van der Waals surface area contributed by atoms with E-state index in [4.69, 9.17) is 0 Å². The Morgan fingerprint density at radius 2 is 1.58 bits per heavy atom. The molecule has 0 atom stereocenters. The number of fused-ring (bicyclic) bond motifs is 1. The van der Waals surface area contributed by atoms with Crippen molar-refractivity contribution < 1.29 is 31.1 Å². The van der Waals surface area contributed by atoms with Crippen molar-refractivity contribution in [2.75, 3.05) is 31.1 Å². The minimum absolute atomic E-state index is 0.00649. The molecule has 0 radical (unpaired) electrons. The molecule has 2 aromatic rings. The summed E-state index contributed by atoms with van der Waals surface area (Å²) in [6.07, 6.45) is -6.02. The van der Waals surface area contributed by atoms with Gasteiger partial charge in [-0.15, -0.1) is 0 Å². The molecule has 1 aliphatic carbocycles. The second-order valence-corrected chi connectivity index (χ2v) is 7.47. The molecule has 4 rings (SSSR count). The lowest BCUT2D eigenvalue weighted by molar-refractivity contribution is -0.139. The highest BCUT2D eigenvalue weighted by atomic mass is 19.4. The fourth-order valence-corrected chi connectivity index (χ4v) is 3.58. The minimum atomic E-state index is -4.58. The summed E-state index contributed by atoms with van der Waals surface area (Å²) in [5.74, 6) is 0.254. The van der Waals surface area contributed by atoms with Crippen molar-refractivity contribution in [3.8, 4) is 0 Å². The number of piperazine rings is 1. The summed E-state index contributed by atoms with van der Waals surface area (Å²) in [4.78, 5) is 33.0. The summed E-state index contributed by atoms with van der Waals surface area (Å²) in [6.45, 7) is 3.58. The maximum absolute atomic E-state index is 12.5. The maximum Gasteiger partial charge on any atom is 0.422 e. The van der Waals surface area contributed by atoms with Crippen molar-refractivity contribution in [1.82, 2.24) is 25.1 Å². The van der Waals surface area contributed by atoms with Crippen molar-refractivity contribution in [3.05, 3.63) is 45.1 Å². The summed E-state index contributed by atoms with van der Waals surface area (Å²) < 4.78 is 74.5. The molecule has 2 aromatic heterocycles. The Morgan fingerprint density at radius 3 is 2.09 bits per heavy atom. The third-order valence-corrected chi connectivity index (χ3v) is 5.27. The number of carbonyl (C=O) groups excluding carboxylic acids is 1. The Hall–Kier alpha value is -3.19. The van der Waals surface area contributed by atoms with Crippen LogP contribution in [-0.4, -0.2) is 57.2 Å². The number of nitrogens with zero attached hydrogens (tertiary/aromatic N) is 5. The van der Waals surface area contributed by atoms with E-state index in [2.05, 4.69) is 15.1 Å². The average molecular weight is 478 g/mol. The van der Waals surface area contributed by atoms with Gasteiger partial charge in [-0.2, -0.15) is 31.4 Å². The van der Waals surface area contributed by atoms with Crippen LogP contribution in [0.4, 0.5) is 32.3 Å². The number of aryl methyl sites for hydroxylation is 1. The van der Waals surface area contributed by atoms with Crippen LogP contribution in [0.3, 0.4) is 0 Å². The summed E-state index contributed by atoms with van der Waals surface area (Å²) in [6, 6.07) is 0. The van der Waals surface area contributed by atoms with Gasteiger partial charge in [0.1, 0.15) is 5.56 Å². The molecule has 1 aliphatic heterocycles. The summed E-state index contributed by atoms with van der Waals surface area (Å²) in [5, 5.41) is 5.48. The van der Waals surface area contributed by atoms with E-state index in [9.17, 15) is 35.9 Å². The molecule has 2 aliphatic rings. The number of aromatic nitrogens is 4. The van der Waals surface area contributed by atoms with Crippen LogP contribution in [0.25, 0.3) is 0 Å². The van der Waals surface area contributed by atoms with Gasteiger partial charge in [-0.25, -0.2) is 15.1 Å². The smallest absolute Gasteiger partial charge is 0.339 e. The first-order chi connectivity index (χ1) is 15.4. The molecular formula is C19H20F6N6O2. The lowest BCUT2D eigenvalue weighted by atomic mass is 10.1. The first-order valence-electron chi connectivity index (χ1n) is 9.95. The van der Waals surface area contributed by atoms with Gasteiger partial charge in [0.15, 0.2) is 0 Å². The number of halogens is 6. The molecule has 33 heavy (non-hydrogen) atoms. The molecular weight excluding hydrogens is 458 g/mol. The number of anilines is 1. The highest BCUT2D eigenvalue weighted by Crippen LogP contribution is 2.33. The molecule has 0 spiro atoms. The second-order valence-electron chi connectivity index (χ2n) is 7.47. The van der Waals surface area contributed by atoms with E-state index in [1.807, 2.05) is 5.10 Å². The highest BCUT2D eigenvalue weighted by Gasteiger charge is 2.39. The lowest BCUT2D eigenvalue weighted by Gasteiger charge is -2.34. The Morgan fingerprint density at radius 1 is 0.970 bits per heavy atom. The van der Waals surface area contributed by atoms with E-state index < -0.39 is 29.0 Å². The van der Waals surface area contributed by atoms with Crippen molar-refractivity contribution in [2.24, 2.45) is 0 Å². The molecule has 1 fully saturated rings. The predicted octanol–water partition coefficient (Wildman–Crippen LogP) is 2.44. The van der Waals surface area contributed by atoms with Crippen molar-refractivity contribution in [3.63, 3.8) is 0 Å². The van der Waals surface area contributed by atoms with Crippen LogP contribution in [0.1, 0.15) is 35.7 Å². The van der Waals surface area contributed by atoms with Gasteiger partial charge in [0, 0.05) is 45.5 Å². The third kappa shape index (κ3) is 5.79. The first-order valence-corrected chi connectivity index (χ1v) is 9.95. The molecule has 14 heteroatoms. The number of aromatic amines is 1. The Kier molecular flexibility index (Phi) is 6.93. The zero-order chi connectivity index (χ0) is 24.4. The standard InChI is InChI=1S/C11H13F3N4O.C8H7F3N2O/c1-8(19)17-2-4-18(5-3-17)10-15-6-9(7-16-10)11(12,13)14;9-8(10,11)6-4-2-1-3-5(4)12-13-7(6)14/h6-7H,2-5H2,1H3;1-3H2,(H,13,14). The highest BCUT2D eigenvalue weighted by molar-refractivity contribution is 5.73. The summed E-state index contributed by atoms with van der Waals surface area (Å²) in [5.41, 5.74) is -2.63. The van der Waals surface area contributed by atoms with E-state index in [-0.39, 0.29) is 17.4 Å². The SMILES string of the molecule is CC(=O)N1CCN(c2ncc(C(F)(F)F)cn2)CC1.O=c1[nH]nc2c(c1C(F)(F)F)CCC2. The minimum Gasteiger partial charge on any atom is -0.339 e. The third-order valence-electron chi connectivity index (χ3n) is 5.27. The van der Waals surface area contributed by atoms with Crippen LogP contribution >= 0.6 is 0 Å². The Bertz CT molecular complexity index is 1040. The predicted molar refractivity (Wildman–Crippen MR) is 103 cm³/mol. The van der Waals surface area contributed by atoms with E-state index in [0.29, 0.717) is 51.1 Å². The zero-order valence-corrected chi connectivity index (χ0v) is 17.4. The quantitative estimate of drug-likeness (QED) is 0.633. The molecule has 3 heterocycles. The fourth-order valence-electron chi connectivity index (χ4n) is 3.58. The van der Waals surface area contributed by atoms with Gasteiger partial charge in [-0.05, 0) is 24.8 Å². The molecule has 8 nitrogen and oxygen atoms in total. The van der Waals surface area contributed by atoms with Crippen LogP contribution in [-0.2, 0) is 30.0 Å². The van der Waals surface area contributed by atoms with Crippen LogP contribution in [0.5, 0.6) is 0 Å². The lowest BCUT2D eigenvalue weighted by Crippen LogP contribution is -2.48. The molecule has 180 valence electrons. The number of alkyl halides is 6. The molecule has 0 saturated carbocycles. The largest absolute Gasteiger partial charge is 0.422 e. The van der Waals surface area contributed by atoms with E-state index in [1.165, 1.54) is 6.92 Å². The first kappa shape index (κ1) is 24.5. The number of amides is 1. The number of nitrogens with one attached hydrogen (secondary N) is 1. The second kappa shape index (κ2) is 9.35. The Labute approximate surface area is 183 Å². The Balaban J connectivity index is 0.000000194. The fraction of sp³-hybridized carbons (Fsp3) is 0.526. The summed E-state index contributed by atoms with van der Waals surface area (Å²) in [7, 11) is 0. The van der Waals surface area contributed by atoms with Gasteiger partial charge in [0.2, 0.25) is 11.9 Å². The molecule has 0 unspecified atom stereocenters. The van der Waals surface area contributed by atoms with Gasteiger partial charge >= 0.3 is 12.4 Å². The molecule has 1 N–H and O–H groups in total. The number of rotatable bonds is 1. The number of hydrogen-bond acceptors (Lipinski definition) is 6. The van der Waals surface area contributed by atoms with Crippen LogP contribution < -0.4 is 10.5 Å². The topological polar surface area (TPSA) is 95.1 Å². The summed E-state index contributed by atoms with van der Waals surface area (Å²) >= 11 is 0. The molecule has 0 bridgehead atoms.